The van der Waals surface area contributed by atoms with Crippen molar-refractivity contribution in [3.8, 4) is 11.6 Å². The number of benzene rings is 1. The van der Waals surface area contributed by atoms with Crippen LogP contribution in [-0.2, 0) is 6.42 Å². The van der Waals surface area contributed by atoms with Gasteiger partial charge in [0.25, 0.3) is 0 Å². The molecule has 0 spiro atoms. The van der Waals surface area contributed by atoms with Crippen LogP contribution in [0.1, 0.15) is 11.3 Å². The maximum atomic E-state index is 6.04. The molecule has 0 atom stereocenters. The van der Waals surface area contributed by atoms with Gasteiger partial charge in [0, 0.05) is 17.6 Å². The number of halogens is 1. The van der Waals surface area contributed by atoms with E-state index in [1.54, 1.807) is 0 Å². The Bertz CT molecular complexity index is 782. The molecule has 0 aliphatic heterocycles. The lowest BCUT2D eigenvalue weighted by Crippen LogP contribution is -2.06. The summed E-state index contributed by atoms with van der Waals surface area (Å²) in [5.41, 5.74) is 8.50. The van der Waals surface area contributed by atoms with E-state index in [0.29, 0.717) is 18.8 Å². The van der Waals surface area contributed by atoms with Crippen molar-refractivity contribution in [3.63, 3.8) is 0 Å². The van der Waals surface area contributed by atoms with E-state index in [9.17, 15) is 0 Å². The largest absolute Gasteiger partial charge is 0.437 e. The number of hydrogen-bond donors (Lipinski definition) is 1. The lowest BCUT2D eigenvalue weighted by Gasteiger charge is -2.07. The number of aromatic nitrogens is 2. The van der Waals surface area contributed by atoms with E-state index < -0.39 is 0 Å². The van der Waals surface area contributed by atoms with E-state index in [2.05, 4.69) is 4.98 Å². The standard InChI is InChI=1S/C16H16ClN3O/c1-11-10-12(5-6-13(11)17)21-16-14(7-8-18)20-9-3-2-4-15(20)19-16/h2-6,9-10H,7-8,18H2,1H3. The summed E-state index contributed by atoms with van der Waals surface area (Å²) in [6.45, 7) is 2.48. The van der Waals surface area contributed by atoms with Crippen LogP contribution in [0.4, 0.5) is 0 Å². The number of nitrogens with zero attached hydrogens (tertiary/aromatic N) is 2. The Morgan fingerprint density at radius 1 is 1.29 bits per heavy atom. The molecule has 108 valence electrons. The number of pyridine rings is 1. The van der Waals surface area contributed by atoms with Crippen LogP contribution in [0.25, 0.3) is 5.65 Å². The van der Waals surface area contributed by atoms with E-state index >= 15 is 0 Å². The van der Waals surface area contributed by atoms with E-state index in [4.69, 9.17) is 22.1 Å². The average Bonchev–Trinajstić information content (AvgIpc) is 2.81. The minimum absolute atomic E-state index is 0.540. The first kappa shape index (κ1) is 13.9. The summed E-state index contributed by atoms with van der Waals surface area (Å²) in [6, 6.07) is 11.4. The fourth-order valence-electron chi connectivity index (χ4n) is 2.26. The third kappa shape index (κ3) is 2.73. The van der Waals surface area contributed by atoms with Gasteiger partial charge in [0.2, 0.25) is 5.88 Å². The fraction of sp³-hybridized carbons (Fsp3) is 0.188. The lowest BCUT2D eigenvalue weighted by molar-refractivity contribution is 0.459. The number of fused-ring (bicyclic) bond motifs is 1. The highest BCUT2D eigenvalue weighted by Gasteiger charge is 2.13. The molecule has 1 aromatic carbocycles. The third-order valence-corrected chi connectivity index (χ3v) is 3.74. The van der Waals surface area contributed by atoms with Gasteiger partial charge < -0.3 is 14.9 Å². The zero-order valence-corrected chi connectivity index (χ0v) is 12.5. The van der Waals surface area contributed by atoms with Crippen LogP contribution in [0.3, 0.4) is 0 Å². The predicted molar refractivity (Wildman–Crippen MR) is 84.2 cm³/mol. The quantitative estimate of drug-likeness (QED) is 0.801. The van der Waals surface area contributed by atoms with Gasteiger partial charge in [-0.3, -0.25) is 0 Å². The van der Waals surface area contributed by atoms with Crippen molar-refractivity contribution in [1.29, 1.82) is 0 Å². The van der Waals surface area contributed by atoms with Crippen LogP contribution in [0.2, 0.25) is 5.02 Å². The minimum atomic E-state index is 0.540. The number of aryl methyl sites for hydroxylation is 1. The van der Waals surface area contributed by atoms with Gasteiger partial charge in [0.15, 0.2) is 0 Å². The molecule has 0 unspecified atom stereocenters. The van der Waals surface area contributed by atoms with Crippen LogP contribution in [-0.4, -0.2) is 15.9 Å². The first-order valence-corrected chi connectivity index (χ1v) is 7.17. The molecule has 21 heavy (non-hydrogen) atoms. The second-order valence-electron chi connectivity index (χ2n) is 4.84. The Hall–Kier alpha value is -2.04. The first-order valence-electron chi connectivity index (χ1n) is 6.79. The zero-order chi connectivity index (χ0) is 14.8. The third-order valence-electron chi connectivity index (χ3n) is 3.32. The molecule has 4 nitrogen and oxygen atoms in total. The molecule has 2 heterocycles. The molecule has 0 saturated heterocycles. The summed E-state index contributed by atoms with van der Waals surface area (Å²) < 4.78 is 7.94. The summed E-state index contributed by atoms with van der Waals surface area (Å²) in [4.78, 5) is 4.53. The van der Waals surface area contributed by atoms with Crippen molar-refractivity contribution in [1.82, 2.24) is 9.38 Å². The number of hydrogen-bond acceptors (Lipinski definition) is 3. The van der Waals surface area contributed by atoms with E-state index in [0.717, 1.165) is 27.7 Å². The highest BCUT2D eigenvalue weighted by molar-refractivity contribution is 6.31. The fourth-order valence-corrected chi connectivity index (χ4v) is 2.38. The molecular weight excluding hydrogens is 286 g/mol. The molecule has 0 aliphatic carbocycles. The van der Waals surface area contributed by atoms with E-state index in [1.165, 1.54) is 0 Å². The van der Waals surface area contributed by atoms with Gasteiger partial charge in [-0.05, 0) is 49.4 Å². The number of ether oxygens (including phenoxy) is 1. The summed E-state index contributed by atoms with van der Waals surface area (Å²) in [7, 11) is 0. The van der Waals surface area contributed by atoms with Crippen molar-refractivity contribution in [2.45, 2.75) is 13.3 Å². The predicted octanol–water partition coefficient (Wildman–Crippen LogP) is 3.59. The number of rotatable bonds is 4. The summed E-state index contributed by atoms with van der Waals surface area (Å²) in [6.07, 6.45) is 2.67. The van der Waals surface area contributed by atoms with Crippen LogP contribution in [0, 0.1) is 6.92 Å². The Balaban J connectivity index is 2.02. The topological polar surface area (TPSA) is 52.5 Å². The van der Waals surface area contributed by atoms with Crippen molar-refractivity contribution in [2.75, 3.05) is 6.54 Å². The van der Waals surface area contributed by atoms with E-state index in [1.807, 2.05) is 53.9 Å². The van der Waals surface area contributed by atoms with Crippen LogP contribution >= 0.6 is 11.6 Å². The molecule has 3 rings (SSSR count). The molecular formula is C16H16ClN3O. The van der Waals surface area contributed by atoms with Crippen molar-refractivity contribution < 1.29 is 4.74 Å². The Morgan fingerprint density at radius 2 is 2.14 bits per heavy atom. The molecule has 0 radical (unpaired) electrons. The van der Waals surface area contributed by atoms with Crippen LogP contribution in [0.15, 0.2) is 42.6 Å². The lowest BCUT2D eigenvalue weighted by atomic mass is 10.2. The minimum Gasteiger partial charge on any atom is -0.437 e. The van der Waals surface area contributed by atoms with Crippen molar-refractivity contribution >= 4 is 17.2 Å². The van der Waals surface area contributed by atoms with Crippen LogP contribution < -0.4 is 10.5 Å². The summed E-state index contributed by atoms with van der Waals surface area (Å²) in [5.74, 6) is 1.31. The molecule has 2 N–H and O–H groups in total. The Labute approximate surface area is 128 Å². The molecule has 0 amide bonds. The smallest absolute Gasteiger partial charge is 0.241 e. The maximum Gasteiger partial charge on any atom is 0.241 e. The summed E-state index contributed by atoms with van der Waals surface area (Å²) in [5, 5.41) is 0.722. The first-order chi connectivity index (χ1) is 10.2. The number of imidazole rings is 1. The van der Waals surface area contributed by atoms with Gasteiger partial charge >= 0.3 is 0 Å². The van der Waals surface area contributed by atoms with Crippen LogP contribution in [0.5, 0.6) is 11.6 Å². The monoisotopic (exact) mass is 301 g/mol. The van der Waals surface area contributed by atoms with Crippen molar-refractivity contribution in [3.05, 3.63) is 58.9 Å². The maximum absolute atomic E-state index is 6.04. The second-order valence-corrected chi connectivity index (χ2v) is 5.25. The molecule has 0 saturated carbocycles. The Morgan fingerprint density at radius 3 is 2.90 bits per heavy atom. The molecule has 0 fully saturated rings. The normalized spacial score (nSPS) is 11.0. The SMILES string of the molecule is Cc1cc(Oc2nc3ccccn3c2CCN)ccc1Cl. The highest BCUT2D eigenvalue weighted by Crippen LogP contribution is 2.28. The second kappa shape index (κ2) is 5.76. The van der Waals surface area contributed by atoms with Gasteiger partial charge in [-0.15, -0.1) is 0 Å². The number of nitrogens with two attached hydrogens (primary N) is 1. The highest BCUT2D eigenvalue weighted by atomic mass is 35.5. The zero-order valence-electron chi connectivity index (χ0n) is 11.7. The molecule has 2 aromatic heterocycles. The van der Waals surface area contributed by atoms with Gasteiger partial charge in [-0.25, -0.2) is 0 Å². The molecule has 0 aliphatic rings. The van der Waals surface area contributed by atoms with Gasteiger partial charge in [0.05, 0.1) is 5.69 Å². The van der Waals surface area contributed by atoms with Gasteiger partial charge in [-0.2, -0.15) is 4.98 Å². The van der Waals surface area contributed by atoms with Gasteiger partial charge in [0.1, 0.15) is 11.4 Å². The molecule has 5 heteroatoms. The van der Waals surface area contributed by atoms with Crippen molar-refractivity contribution in [2.24, 2.45) is 5.73 Å². The Kier molecular flexibility index (Phi) is 3.82. The van der Waals surface area contributed by atoms with E-state index in [-0.39, 0.29) is 0 Å². The summed E-state index contributed by atoms with van der Waals surface area (Å²) >= 11 is 6.04. The van der Waals surface area contributed by atoms with Gasteiger partial charge in [-0.1, -0.05) is 17.7 Å². The molecule has 0 bridgehead atoms. The molecule has 3 aromatic rings. The average molecular weight is 302 g/mol.